The van der Waals surface area contributed by atoms with Crippen LogP contribution in [0.3, 0.4) is 0 Å². The highest BCUT2D eigenvalue weighted by atomic mass is 15.3. The van der Waals surface area contributed by atoms with Gasteiger partial charge < -0.3 is 10.6 Å². The number of hydrogen-bond acceptors (Lipinski definition) is 6. The number of nitriles is 2. The van der Waals surface area contributed by atoms with E-state index < -0.39 is 0 Å². The molecule has 0 unspecified atom stereocenters. The molecule has 0 radical (unpaired) electrons. The maximum atomic E-state index is 8.57. The van der Waals surface area contributed by atoms with Gasteiger partial charge in [-0.25, -0.2) is 0 Å². The SMILES string of the molecule is N#CC(C#N)=NNc1ccc2c(c1)CNCCN2. The van der Waals surface area contributed by atoms with Crippen LogP contribution in [0.4, 0.5) is 11.4 Å². The Morgan fingerprint density at radius 3 is 2.89 bits per heavy atom. The summed E-state index contributed by atoms with van der Waals surface area (Å²) in [5.41, 5.74) is 5.48. The number of hydrazone groups is 1. The molecule has 1 aliphatic rings. The van der Waals surface area contributed by atoms with Gasteiger partial charge in [-0.2, -0.15) is 15.6 Å². The molecule has 6 nitrogen and oxygen atoms in total. The zero-order valence-electron chi connectivity index (χ0n) is 9.70. The van der Waals surface area contributed by atoms with Crippen LogP contribution in [-0.2, 0) is 6.54 Å². The number of fused-ring (bicyclic) bond motifs is 1. The van der Waals surface area contributed by atoms with E-state index in [2.05, 4.69) is 21.2 Å². The van der Waals surface area contributed by atoms with E-state index in [4.69, 9.17) is 10.5 Å². The van der Waals surface area contributed by atoms with Crippen molar-refractivity contribution >= 4 is 17.1 Å². The van der Waals surface area contributed by atoms with Crippen molar-refractivity contribution in [3.63, 3.8) is 0 Å². The highest BCUT2D eigenvalue weighted by Gasteiger charge is 2.07. The van der Waals surface area contributed by atoms with Crippen LogP contribution in [0.25, 0.3) is 0 Å². The Balaban J connectivity index is 2.17. The van der Waals surface area contributed by atoms with Gasteiger partial charge in [-0.05, 0) is 23.8 Å². The van der Waals surface area contributed by atoms with E-state index in [0.29, 0.717) is 0 Å². The highest BCUT2D eigenvalue weighted by molar-refractivity contribution is 6.10. The number of nitrogens with zero attached hydrogens (tertiary/aromatic N) is 3. The van der Waals surface area contributed by atoms with Crippen LogP contribution in [0.2, 0.25) is 0 Å². The third-order valence-corrected chi connectivity index (χ3v) is 2.55. The van der Waals surface area contributed by atoms with Crippen molar-refractivity contribution in [2.75, 3.05) is 23.8 Å². The molecule has 0 amide bonds. The summed E-state index contributed by atoms with van der Waals surface area (Å²) >= 11 is 0. The Morgan fingerprint density at radius 1 is 1.28 bits per heavy atom. The highest BCUT2D eigenvalue weighted by Crippen LogP contribution is 2.21. The second-order valence-corrected chi connectivity index (χ2v) is 3.77. The zero-order chi connectivity index (χ0) is 12.8. The van der Waals surface area contributed by atoms with Crippen molar-refractivity contribution in [3.05, 3.63) is 23.8 Å². The average Bonchev–Trinajstić information content (AvgIpc) is 2.64. The number of benzene rings is 1. The fourth-order valence-corrected chi connectivity index (χ4v) is 1.69. The van der Waals surface area contributed by atoms with Crippen molar-refractivity contribution in [1.82, 2.24) is 5.32 Å². The molecule has 90 valence electrons. The lowest BCUT2D eigenvalue weighted by Crippen LogP contribution is -2.16. The summed E-state index contributed by atoms with van der Waals surface area (Å²) in [6, 6.07) is 9.14. The summed E-state index contributed by atoms with van der Waals surface area (Å²) in [4.78, 5) is 0. The third kappa shape index (κ3) is 2.76. The number of nitrogens with one attached hydrogen (secondary N) is 3. The summed E-state index contributed by atoms with van der Waals surface area (Å²) < 4.78 is 0. The Kier molecular flexibility index (Phi) is 3.75. The van der Waals surface area contributed by atoms with Crippen LogP contribution in [0.5, 0.6) is 0 Å². The van der Waals surface area contributed by atoms with Gasteiger partial charge in [0.15, 0.2) is 0 Å². The topological polar surface area (TPSA) is 96.0 Å². The van der Waals surface area contributed by atoms with Gasteiger partial charge in [0, 0.05) is 25.3 Å². The number of anilines is 2. The van der Waals surface area contributed by atoms with Crippen LogP contribution in [-0.4, -0.2) is 18.8 Å². The molecule has 0 atom stereocenters. The van der Waals surface area contributed by atoms with Crippen LogP contribution in [0, 0.1) is 22.7 Å². The van der Waals surface area contributed by atoms with E-state index in [9.17, 15) is 0 Å². The van der Waals surface area contributed by atoms with Gasteiger partial charge in [-0.15, -0.1) is 0 Å². The summed E-state index contributed by atoms with van der Waals surface area (Å²) in [7, 11) is 0. The first kappa shape index (κ1) is 11.9. The molecule has 0 saturated carbocycles. The Morgan fingerprint density at radius 2 is 2.11 bits per heavy atom. The van der Waals surface area contributed by atoms with Gasteiger partial charge in [0.25, 0.3) is 0 Å². The van der Waals surface area contributed by atoms with E-state index in [0.717, 1.165) is 36.6 Å². The molecule has 1 heterocycles. The van der Waals surface area contributed by atoms with E-state index >= 15 is 0 Å². The lowest BCUT2D eigenvalue weighted by atomic mass is 10.1. The molecular weight excluding hydrogens is 228 g/mol. The number of rotatable bonds is 2. The molecule has 0 fully saturated rings. The maximum absolute atomic E-state index is 8.57. The standard InChI is InChI=1S/C12H12N6/c13-6-11(7-14)18-17-10-1-2-12-9(5-10)8-15-3-4-16-12/h1-2,5,15-17H,3-4,8H2. The molecule has 0 spiro atoms. The first-order valence-electron chi connectivity index (χ1n) is 5.55. The molecule has 1 aromatic carbocycles. The second kappa shape index (κ2) is 5.67. The predicted molar refractivity (Wildman–Crippen MR) is 68.9 cm³/mol. The number of hydrogen-bond donors (Lipinski definition) is 3. The molecule has 1 aromatic rings. The molecule has 0 bridgehead atoms. The van der Waals surface area contributed by atoms with E-state index in [1.165, 1.54) is 0 Å². The zero-order valence-corrected chi connectivity index (χ0v) is 9.70. The van der Waals surface area contributed by atoms with Crippen molar-refractivity contribution < 1.29 is 0 Å². The molecule has 0 aliphatic carbocycles. The fraction of sp³-hybridized carbons (Fsp3) is 0.250. The minimum absolute atomic E-state index is 0.193. The lowest BCUT2D eigenvalue weighted by Gasteiger charge is -2.08. The van der Waals surface area contributed by atoms with E-state index in [-0.39, 0.29) is 5.71 Å². The van der Waals surface area contributed by atoms with Gasteiger partial charge in [-0.1, -0.05) is 0 Å². The van der Waals surface area contributed by atoms with Gasteiger partial charge >= 0.3 is 0 Å². The summed E-state index contributed by atoms with van der Waals surface area (Å²) in [5.74, 6) is 0. The van der Waals surface area contributed by atoms with E-state index in [1.54, 1.807) is 12.1 Å². The third-order valence-electron chi connectivity index (χ3n) is 2.55. The fourth-order valence-electron chi connectivity index (χ4n) is 1.69. The molecule has 1 aliphatic heterocycles. The van der Waals surface area contributed by atoms with Crippen LogP contribution >= 0.6 is 0 Å². The first-order valence-corrected chi connectivity index (χ1v) is 5.55. The van der Waals surface area contributed by atoms with E-state index in [1.807, 2.05) is 18.2 Å². The molecule has 0 saturated heterocycles. The Hall–Kier alpha value is -2.57. The summed E-state index contributed by atoms with van der Waals surface area (Å²) in [5, 5.41) is 27.4. The Labute approximate surface area is 105 Å². The molecular formula is C12H12N6. The first-order chi connectivity index (χ1) is 8.83. The largest absolute Gasteiger partial charge is 0.384 e. The molecule has 6 heteroatoms. The van der Waals surface area contributed by atoms with Gasteiger partial charge in [0.1, 0.15) is 12.1 Å². The summed E-state index contributed by atoms with van der Waals surface area (Å²) in [6.45, 7) is 2.60. The van der Waals surface area contributed by atoms with Gasteiger partial charge in [0.2, 0.25) is 5.71 Å². The lowest BCUT2D eigenvalue weighted by molar-refractivity contribution is 0.725. The van der Waals surface area contributed by atoms with Crippen molar-refractivity contribution in [2.24, 2.45) is 5.10 Å². The van der Waals surface area contributed by atoms with Crippen molar-refractivity contribution in [1.29, 1.82) is 10.5 Å². The normalized spacial score (nSPS) is 13.0. The van der Waals surface area contributed by atoms with Gasteiger partial charge in [0.05, 0.1) is 5.69 Å². The van der Waals surface area contributed by atoms with Crippen LogP contribution < -0.4 is 16.1 Å². The van der Waals surface area contributed by atoms with Crippen LogP contribution in [0.15, 0.2) is 23.3 Å². The summed E-state index contributed by atoms with van der Waals surface area (Å²) in [6.07, 6.45) is 0. The minimum atomic E-state index is -0.193. The second-order valence-electron chi connectivity index (χ2n) is 3.77. The molecule has 2 rings (SSSR count). The van der Waals surface area contributed by atoms with Crippen molar-refractivity contribution in [2.45, 2.75) is 6.54 Å². The monoisotopic (exact) mass is 240 g/mol. The Bertz CT molecular complexity index is 533. The molecule has 18 heavy (non-hydrogen) atoms. The smallest absolute Gasteiger partial charge is 0.237 e. The quantitative estimate of drug-likeness (QED) is 0.529. The molecule has 3 N–H and O–H groups in total. The molecule has 0 aromatic heterocycles. The van der Waals surface area contributed by atoms with Crippen molar-refractivity contribution in [3.8, 4) is 12.1 Å². The predicted octanol–water partition coefficient (Wildman–Crippen LogP) is 1.02. The van der Waals surface area contributed by atoms with Crippen LogP contribution in [0.1, 0.15) is 5.56 Å². The average molecular weight is 240 g/mol. The minimum Gasteiger partial charge on any atom is -0.384 e. The maximum Gasteiger partial charge on any atom is 0.237 e. The van der Waals surface area contributed by atoms with Gasteiger partial charge in [-0.3, -0.25) is 5.43 Å².